The molecule has 4 heteroatoms. The van der Waals surface area contributed by atoms with Gasteiger partial charge in [-0.1, -0.05) is 64.7 Å². The fourth-order valence-electron chi connectivity index (χ4n) is 2.94. The molecule has 0 aromatic carbocycles. The van der Waals surface area contributed by atoms with Gasteiger partial charge in [0.25, 0.3) is 0 Å². The van der Waals surface area contributed by atoms with Crippen molar-refractivity contribution in [1.29, 1.82) is 5.26 Å². The number of unbranched alkanes of at least 4 members (excludes halogenated alkanes) is 10. The summed E-state index contributed by atoms with van der Waals surface area (Å²) in [5.41, 5.74) is 0. The summed E-state index contributed by atoms with van der Waals surface area (Å²) in [5.74, 6) is -0.304. The van der Waals surface area contributed by atoms with Gasteiger partial charge in [0.05, 0.1) is 12.2 Å². The van der Waals surface area contributed by atoms with Crippen molar-refractivity contribution < 1.29 is 14.6 Å². The van der Waals surface area contributed by atoms with Crippen molar-refractivity contribution in [3.63, 3.8) is 0 Å². The molecule has 0 fully saturated rings. The molecule has 4 nitrogen and oxygen atoms in total. The van der Waals surface area contributed by atoms with Crippen LogP contribution in [0, 0.1) is 11.3 Å². The van der Waals surface area contributed by atoms with E-state index in [2.05, 4.69) is 13.0 Å². The zero-order valence-electron chi connectivity index (χ0n) is 15.8. The molecule has 0 aromatic rings. The number of nitrogens with zero attached hydrogens (tertiary/aromatic N) is 1. The van der Waals surface area contributed by atoms with Crippen LogP contribution in [-0.4, -0.2) is 23.3 Å². The summed E-state index contributed by atoms with van der Waals surface area (Å²) in [6, 6.07) is 2.16. The maximum Gasteiger partial charge on any atom is 0.302 e. The van der Waals surface area contributed by atoms with Crippen LogP contribution < -0.4 is 0 Å². The Bertz CT molecular complexity index is 338. The van der Waals surface area contributed by atoms with Gasteiger partial charge in [0.15, 0.2) is 0 Å². The van der Waals surface area contributed by atoms with Gasteiger partial charge in [-0.15, -0.1) is 0 Å². The second-order valence-corrected chi connectivity index (χ2v) is 6.74. The maximum absolute atomic E-state index is 11.2. The highest BCUT2D eigenvalue weighted by atomic mass is 16.6. The van der Waals surface area contributed by atoms with E-state index >= 15 is 0 Å². The summed E-state index contributed by atoms with van der Waals surface area (Å²) in [6.45, 7) is 3.62. The van der Waals surface area contributed by atoms with Crippen LogP contribution in [-0.2, 0) is 9.53 Å². The van der Waals surface area contributed by atoms with E-state index in [1.54, 1.807) is 0 Å². The number of nitriles is 1. The molecule has 0 bridgehead atoms. The number of aliphatic hydroxyl groups excluding tert-OH is 1. The number of ether oxygens (including phenoxy) is 1. The maximum atomic E-state index is 11.2. The predicted octanol–water partition coefficient (Wildman–Crippen LogP) is 5.28. The first-order valence-electron chi connectivity index (χ1n) is 9.84. The summed E-state index contributed by atoms with van der Waals surface area (Å²) >= 11 is 0. The minimum atomic E-state index is -0.552. The number of hydrogen-bond acceptors (Lipinski definition) is 4. The Labute approximate surface area is 148 Å². The van der Waals surface area contributed by atoms with Crippen molar-refractivity contribution in [3.8, 4) is 6.07 Å². The molecule has 0 heterocycles. The zero-order chi connectivity index (χ0) is 18.0. The molecule has 0 aliphatic heterocycles. The minimum Gasteiger partial charge on any atom is -0.460 e. The fourth-order valence-corrected chi connectivity index (χ4v) is 2.94. The summed E-state index contributed by atoms with van der Waals surface area (Å²) in [6.07, 6.45) is 13.5. The largest absolute Gasteiger partial charge is 0.460 e. The third-order valence-corrected chi connectivity index (χ3v) is 4.38. The van der Waals surface area contributed by atoms with Crippen LogP contribution in [0.5, 0.6) is 0 Å². The van der Waals surface area contributed by atoms with Crippen LogP contribution >= 0.6 is 0 Å². The Morgan fingerprint density at radius 2 is 1.50 bits per heavy atom. The molecule has 0 rings (SSSR count). The van der Waals surface area contributed by atoms with Gasteiger partial charge in [0, 0.05) is 13.3 Å². The Kier molecular flexibility index (Phi) is 16.0. The average Bonchev–Trinajstić information content (AvgIpc) is 2.55. The number of rotatable bonds is 16. The fraction of sp³-hybridized carbons (Fsp3) is 0.900. The second-order valence-electron chi connectivity index (χ2n) is 6.74. The standard InChI is InChI=1S/C20H37NO3/c1-3-4-5-6-10-13-16-20(24-18(2)22)19(23)15-12-9-7-8-11-14-17-21/h19-20,23H,3-16H2,1-2H3. The summed E-state index contributed by atoms with van der Waals surface area (Å²) in [4.78, 5) is 11.2. The van der Waals surface area contributed by atoms with E-state index < -0.39 is 6.10 Å². The van der Waals surface area contributed by atoms with Crippen molar-refractivity contribution in [1.82, 2.24) is 0 Å². The van der Waals surface area contributed by atoms with Gasteiger partial charge in [-0.2, -0.15) is 5.26 Å². The van der Waals surface area contributed by atoms with E-state index in [1.165, 1.54) is 32.6 Å². The van der Waals surface area contributed by atoms with Crippen LogP contribution in [0.15, 0.2) is 0 Å². The molecular weight excluding hydrogens is 302 g/mol. The van der Waals surface area contributed by atoms with Crippen molar-refractivity contribution in [2.45, 2.75) is 116 Å². The first-order valence-corrected chi connectivity index (χ1v) is 9.84. The molecule has 140 valence electrons. The molecule has 0 saturated heterocycles. The molecule has 0 aliphatic rings. The topological polar surface area (TPSA) is 70.3 Å². The van der Waals surface area contributed by atoms with Crippen LogP contribution in [0.1, 0.15) is 104 Å². The van der Waals surface area contributed by atoms with E-state index in [4.69, 9.17) is 10.00 Å². The molecule has 2 atom stereocenters. The lowest BCUT2D eigenvalue weighted by Crippen LogP contribution is -2.30. The summed E-state index contributed by atoms with van der Waals surface area (Å²) in [7, 11) is 0. The van der Waals surface area contributed by atoms with Gasteiger partial charge < -0.3 is 9.84 Å². The lowest BCUT2D eigenvalue weighted by Gasteiger charge is -2.22. The number of hydrogen-bond donors (Lipinski definition) is 1. The first kappa shape index (κ1) is 22.9. The van der Waals surface area contributed by atoms with Crippen LogP contribution in [0.4, 0.5) is 0 Å². The lowest BCUT2D eigenvalue weighted by molar-refractivity contribution is -0.153. The Morgan fingerprint density at radius 1 is 0.958 bits per heavy atom. The number of esters is 1. The van der Waals surface area contributed by atoms with Gasteiger partial charge in [-0.25, -0.2) is 0 Å². The van der Waals surface area contributed by atoms with E-state index in [9.17, 15) is 9.90 Å². The van der Waals surface area contributed by atoms with E-state index in [-0.39, 0.29) is 12.1 Å². The Morgan fingerprint density at radius 3 is 2.08 bits per heavy atom. The predicted molar refractivity (Wildman–Crippen MR) is 97.5 cm³/mol. The normalized spacial score (nSPS) is 13.2. The number of carbonyl (C=O) groups is 1. The molecule has 0 amide bonds. The van der Waals surface area contributed by atoms with E-state index in [1.807, 2.05) is 0 Å². The molecule has 1 N–H and O–H groups in total. The monoisotopic (exact) mass is 339 g/mol. The van der Waals surface area contributed by atoms with Gasteiger partial charge >= 0.3 is 5.97 Å². The Hall–Kier alpha value is -1.08. The SMILES string of the molecule is CCCCCCCCC(OC(C)=O)C(O)CCCCCCCC#N. The van der Waals surface area contributed by atoms with Gasteiger partial charge in [0.2, 0.25) is 0 Å². The molecule has 2 unspecified atom stereocenters. The van der Waals surface area contributed by atoms with Crippen molar-refractivity contribution in [2.24, 2.45) is 0 Å². The molecule has 0 saturated carbocycles. The smallest absolute Gasteiger partial charge is 0.302 e. The number of aliphatic hydroxyl groups is 1. The average molecular weight is 340 g/mol. The molecule has 0 aromatic heterocycles. The highest BCUT2D eigenvalue weighted by Gasteiger charge is 2.21. The zero-order valence-corrected chi connectivity index (χ0v) is 15.8. The summed E-state index contributed by atoms with van der Waals surface area (Å²) < 4.78 is 5.33. The molecule has 24 heavy (non-hydrogen) atoms. The minimum absolute atomic E-state index is 0.304. The summed E-state index contributed by atoms with van der Waals surface area (Å²) in [5, 5.41) is 18.8. The molecule has 0 aliphatic carbocycles. The third kappa shape index (κ3) is 14.5. The van der Waals surface area contributed by atoms with Crippen molar-refractivity contribution in [3.05, 3.63) is 0 Å². The van der Waals surface area contributed by atoms with Gasteiger partial charge in [0.1, 0.15) is 6.10 Å². The van der Waals surface area contributed by atoms with Crippen molar-refractivity contribution >= 4 is 5.97 Å². The highest BCUT2D eigenvalue weighted by Crippen LogP contribution is 2.17. The van der Waals surface area contributed by atoms with Crippen LogP contribution in [0.3, 0.4) is 0 Å². The van der Waals surface area contributed by atoms with E-state index in [0.29, 0.717) is 12.8 Å². The third-order valence-electron chi connectivity index (χ3n) is 4.38. The molecule has 0 radical (unpaired) electrons. The molecule has 0 spiro atoms. The second kappa shape index (κ2) is 16.8. The lowest BCUT2D eigenvalue weighted by atomic mass is 9.99. The van der Waals surface area contributed by atoms with Crippen LogP contribution in [0.2, 0.25) is 0 Å². The highest BCUT2D eigenvalue weighted by molar-refractivity contribution is 5.66. The van der Waals surface area contributed by atoms with Gasteiger partial charge in [-0.05, 0) is 25.7 Å². The first-order chi connectivity index (χ1) is 11.6. The van der Waals surface area contributed by atoms with E-state index in [0.717, 1.165) is 51.4 Å². The van der Waals surface area contributed by atoms with Crippen molar-refractivity contribution in [2.75, 3.05) is 0 Å². The van der Waals surface area contributed by atoms with Crippen LogP contribution in [0.25, 0.3) is 0 Å². The Balaban J connectivity index is 3.88. The number of carbonyl (C=O) groups excluding carboxylic acids is 1. The quantitative estimate of drug-likeness (QED) is 0.306. The molecular formula is C20H37NO3. The van der Waals surface area contributed by atoms with Gasteiger partial charge in [-0.3, -0.25) is 4.79 Å².